The molecule has 4 nitrogen and oxygen atoms in total. The third kappa shape index (κ3) is 1.88. The Morgan fingerprint density at radius 1 is 1.21 bits per heavy atom. The number of aromatic nitrogens is 3. The van der Waals surface area contributed by atoms with Crippen LogP contribution in [0, 0.1) is 0 Å². The van der Waals surface area contributed by atoms with Crippen LogP contribution in [0.5, 0.6) is 0 Å². The highest BCUT2D eigenvalue weighted by Crippen LogP contribution is 2.15. The van der Waals surface area contributed by atoms with Crippen molar-refractivity contribution in [1.29, 1.82) is 0 Å². The SMILES string of the molecule is O=c1cc(-c2cnc(Br)nc2)cc[nH]1. The Morgan fingerprint density at radius 2 is 1.93 bits per heavy atom. The Kier molecular flexibility index (Phi) is 2.41. The summed E-state index contributed by atoms with van der Waals surface area (Å²) in [5.41, 5.74) is 1.49. The van der Waals surface area contributed by atoms with Crippen molar-refractivity contribution in [3.8, 4) is 11.1 Å². The fourth-order valence-corrected chi connectivity index (χ4v) is 1.29. The second kappa shape index (κ2) is 3.71. The lowest BCUT2D eigenvalue weighted by molar-refractivity contribution is 1.11. The van der Waals surface area contributed by atoms with Gasteiger partial charge in [0.2, 0.25) is 5.56 Å². The highest BCUT2D eigenvalue weighted by molar-refractivity contribution is 9.10. The number of rotatable bonds is 1. The molecule has 0 saturated carbocycles. The van der Waals surface area contributed by atoms with Crippen molar-refractivity contribution in [3.63, 3.8) is 0 Å². The van der Waals surface area contributed by atoms with Crippen molar-refractivity contribution in [2.75, 3.05) is 0 Å². The maximum atomic E-state index is 11.0. The minimum Gasteiger partial charge on any atom is -0.329 e. The Labute approximate surface area is 88.2 Å². The molecule has 0 aliphatic heterocycles. The van der Waals surface area contributed by atoms with Gasteiger partial charge >= 0.3 is 0 Å². The van der Waals surface area contributed by atoms with Gasteiger partial charge in [0, 0.05) is 30.2 Å². The van der Waals surface area contributed by atoms with E-state index in [1.807, 2.05) is 0 Å². The first-order chi connectivity index (χ1) is 6.75. The Morgan fingerprint density at radius 3 is 2.57 bits per heavy atom. The van der Waals surface area contributed by atoms with E-state index in [1.54, 1.807) is 24.7 Å². The molecule has 0 fully saturated rings. The monoisotopic (exact) mass is 251 g/mol. The molecule has 2 aromatic heterocycles. The van der Waals surface area contributed by atoms with E-state index in [0.717, 1.165) is 11.1 Å². The fraction of sp³-hybridized carbons (Fsp3) is 0. The van der Waals surface area contributed by atoms with Crippen molar-refractivity contribution in [3.05, 3.63) is 45.8 Å². The lowest BCUT2D eigenvalue weighted by atomic mass is 10.1. The standard InChI is InChI=1S/C9H6BrN3O/c10-9-12-4-7(5-13-9)6-1-2-11-8(14)3-6/h1-5H,(H,11,14). The van der Waals surface area contributed by atoms with Crippen LogP contribution >= 0.6 is 15.9 Å². The molecule has 5 heteroatoms. The fourth-order valence-electron chi connectivity index (χ4n) is 1.09. The number of aromatic amines is 1. The van der Waals surface area contributed by atoms with E-state index in [-0.39, 0.29) is 5.56 Å². The van der Waals surface area contributed by atoms with E-state index < -0.39 is 0 Å². The molecule has 0 aliphatic rings. The summed E-state index contributed by atoms with van der Waals surface area (Å²) in [5, 5.41) is 0. The molecule has 2 heterocycles. The number of pyridine rings is 1. The average Bonchev–Trinajstić information content (AvgIpc) is 2.19. The van der Waals surface area contributed by atoms with E-state index in [0.29, 0.717) is 4.73 Å². The molecular formula is C9H6BrN3O. The third-order valence-electron chi connectivity index (χ3n) is 1.73. The van der Waals surface area contributed by atoms with Crippen LogP contribution in [0.4, 0.5) is 0 Å². The predicted molar refractivity (Wildman–Crippen MR) is 55.8 cm³/mol. The molecule has 0 spiro atoms. The van der Waals surface area contributed by atoms with Crippen molar-refractivity contribution in [2.24, 2.45) is 0 Å². The highest BCUT2D eigenvalue weighted by Gasteiger charge is 1.98. The molecule has 0 bridgehead atoms. The molecule has 0 unspecified atom stereocenters. The average molecular weight is 252 g/mol. The number of halogens is 1. The number of nitrogens with zero attached hydrogens (tertiary/aromatic N) is 2. The van der Waals surface area contributed by atoms with Crippen LogP contribution in [-0.2, 0) is 0 Å². The van der Waals surface area contributed by atoms with Gasteiger partial charge in [-0.3, -0.25) is 4.79 Å². The minimum atomic E-state index is -0.134. The van der Waals surface area contributed by atoms with E-state index in [9.17, 15) is 4.79 Å². The quantitative estimate of drug-likeness (QED) is 0.784. The Hall–Kier alpha value is -1.49. The van der Waals surface area contributed by atoms with Gasteiger partial charge in [-0.25, -0.2) is 9.97 Å². The van der Waals surface area contributed by atoms with E-state index in [4.69, 9.17) is 0 Å². The van der Waals surface area contributed by atoms with Gasteiger partial charge < -0.3 is 4.98 Å². The molecule has 70 valence electrons. The molecule has 1 N–H and O–H groups in total. The molecule has 0 amide bonds. The van der Waals surface area contributed by atoms with E-state index in [2.05, 4.69) is 30.9 Å². The first kappa shape index (κ1) is 9.08. The molecule has 0 saturated heterocycles. The van der Waals surface area contributed by atoms with Crippen molar-refractivity contribution in [2.45, 2.75) is 0 Å². The van der Waals surface area contributed by atoms with Crippen LogP contribution in [0.1, 0.15) is 0 Å². The zero-order valence-corrected chi connectivity index (χ0v) is 8.65. The minimum absolute atomic E-state index is 0.134. The van der Waals surface area contributed by atoms with Gasteiger partial charge in [-0.1, -0.05) is 0 Å². The molecule has 0 radical (unpaired) electrons. The zero-order valence-electron chi connectivity index (χ0n) is 7.07. The first-order valence-corrected chi connectivity index (χ1v) is 4.72. The summed E-state index contributed by atoms with van der Waals surface area (Å²) in [7, 11) is 0. The number of nitrogens with one attached hydrogen (secondary N) is 1. The van der Waals surface area contributed by atoms with Crippen LogP contribution < -0.4 is 5.56 Å². The first-order valence-electron chi connectivity index (χ1n) is 3.92. The molecule has 14 heavy (non-hydrogen) atoms. The summed E-state index contributed by atoms with van der Waals surface area (Å²) < 4.78 is 0.533. The number of hydrogen-bond donors (Lipinski definition) is 1. The number of H-pyrrole nitrogens is 1. The van der Waals surface area contributed by atoms with E-state index in [1.165, 1.54) is 6.07 Å². The van der Waals surface area contributed by atoms with Crippen LogP contribution in [0.25, 0.3) is 11.1 Å². The second-order valence-corrected chi connectivity index (χ2v) is 3.39. The summed E-state index contributed by atoms with van der Waals surface area (Å²) in [6, 6.07) is 3.31. The lowest BCUT2D eigenvalue weighted by Gasteiger charge is -1.98. The largest absolute Gasteiger partial charge is 0.329 e. The Bertz CT molecular complexity index is 492. The zero-order chi connectivity index (χ0) is 9.97. The van der Waals surface area contributed by atoms with Gasteiger partial charge in [0.25, 0.3) is 0 Å². The topological polar surface area (TPSA) is 58.6 Å². The maximum absolute atomic E-state index is 11.0. The van der Waals surface area contributed by atoms with Gasteiger partial charge in [-0.05, 0) is 27.6 Å². The Balaban J connectivity index is 2.50. The highest BCUT2D eigenvalue weighted by atomic mass is 79.9. The molecule has 0 atom stereocenters. The second-order valence-electron chi connectivity index (χ2n) is 2.68. The van der Waals surface area contributed by atoms with Gasteiger partial charge in [0.15, 0.2) is 4.73 Å². The van der Waals surface area contributed by atoms with Crippen LogP contribution in [0.2, 0.25) is 0 Å². The van der Waals surface area contributed by atoms with Crippen molar-refractivity contribution in [1.82, 2.24) is 15.0 Å². The smallest absolute Gasteiger partial charge is 0.248 e. The van der Waals surface area contributed by atoms with Crippen LogP contribution in [0.3, 0.4) is 0 Å². The van der Waals surface area contributed by atoms with Gasteiger partial charge in [0.1, 0.15) is 0 Å². The van der Waals surface area contributed by atoms with Gasteiger partial charge in [-0.15, -0.1) is 0 Å². The summed E-state index contributed by atoms with van der Waals surface area (Å²) in [6.07, 6.45) is 4.91. The molecule has 2 aromatic rings. The van der Waals surface area contributed by atoms with Crippen LogP contribution in [-0.4, -0.2) is 15.0 Å². The van der Waals surface area contributed by atoms with Crippen molar-refractivity contribution >= 4 is 15.9 Å². The summed E-state index contributed by atoms with van der Waals surface area (Å²) in [6.45, 7) is 0. The van der Waals surface area contributed by atoms with Crippen LogP contribution in [0.15, 0.2) is 40.3 Å². The normalized spacial score (nSPS) is 10.1. The summed E-state index contributed by atoms with van der Waals surface area (Å²) in [4.78, 5) is 21.5. The molecule has 0 aromatic carbocycles. The van der Waals surface area contributed by atoms with E-state index >= 15 is 0 Å². The molecule has 2 rings (SSSR count). The molecule has 0 aliphatic carbocycles. The number of hydrogen-bond acceptors (Lipinski definition) is 3. The predicted octanol–water partition coefficient (Wildman–Crippen LogP) is 1.59. The van der Waals surface area contributed by atoms with Gasteiger partial charge in [0.05, 0.1) is 0 Å². The maximum Gasteiger partial charge on any atom is 0.248 e. The summed E-state index contributed by atoms with van der Waals surface area (Å²) in [5.74, 6) is 0. The molecular weight excluding hydrogens is 246 g/mol. The van der Waals surface area contributed by atoms with Crippen molar-refractivity contribution < 1.29 is 0 Å². The lowest BCUT2D eigenvalue weighted by Crippen LogP contribution is -2.02. The van der Waals surface area contributed by atoms with Gasteiger partial charge in [-0.2, -0.15) is 0 Å². The third-order valence-corrected chi connectivity index (χ3v) is 2.14. The summed E-state index contributed by atoms with van der Waals surface area (Å²) >= 11 is 3.14.